The van der Waals surface area contributed by atoms with Crippen molar-refractivity contribution in [1.29, 1.82) is 0 Å². The number of carbonyl (C=O) groups excluding carboxylic acids is 2. The van der Waals surface area contributed by atoms with Crippen LogP contribution >= 0.6 is 0 Å². The number of rotatable bonds is 1. The third-order valence-electron chi connectivity index (χ3n) is 4.96. The van der Waals surface area contributed by atoms with E-state index < -0.39 is 0 Å². The summed E-state index contributed by atoms with van der Waals surface area (Å²) in [7, 11) is 2.00. The molecular formula is C18H19BN4O2. The van der Waals surface area contributed by atoms with E-state index in [4.69, 9.17) is 0 Å². The lowest BCUT2D eigenvalue weighted by molar-refractivity contribution is 0.0669. The molecule has 1 amide bonds. The molecule has 0 fully saturated rings. The molecule has 1 aliphatic rings. The zero-order chi connectivity index (χ0) is 17.7. The van der Waals surface area contributed by atoms with Crippen LogP contribution in [0.1, 0.15) is 46.4 Å². The van der Waals surface area contributed by atoms with Crippen LogP contribution in [0, 0.1) is 0 Å². The average Bonchev–Trinajstić information content (AvgIpc) is 3.18. The van der Waals surface area contributed by atoms with Gasteiger partial charge in [-0.05, 0) is 30.7 Å². The second kappa shape index (κ2) is 5.62. The lowest BCUT2D eigenvalue weighted by Gasteiger charge is -2.33. The molecule has 25 heavy (non-hydrogen) atoms. The van der Waals surface area contributed by atoms with Gasteiger partial charge in [-0.2, -0.15) is 5.10 Å². The molecule has 6 nitrogen and oxygen atoms in total. The highest BCUT2D eigenvalue weighted by Crippen LogP contribution is 2.31. The molecule has 0 N–H and O–H groups in total. The van der Waals surface area contributed by atoms with Crippen molar-refractivity contribution < 1.29 is 9.59 Å². The molecule has 1 unspecified atom stereocenters. The van der Waals surface area contributed by atoms with Crippen molar-refractivity contribution in [2.75, 3.05) is 6.54 Å². The summed E-state index contributed by atoms with van der Waals surface area (Å²) in [5, 5.41) is 4.44. The van der Waals surface area contributed by atoms with Gasteiger partial charge >= 0.3 is 0 Å². The molecule has 0 spiro atoms. The Morgan fingerprint density at radius 3 is 2.84 bits per heavy atom. The normalized spacial score (nSPS) is 16.9. The third-order valence-corrected chi connectivity index (χ3v) is 4.96. The van der Waals surface area contributed by atoms with Gasteiger partial charge in [-0.15, -0.1) is 0 Å². The van der Waals surface area contributed by atoms with Gasteiger partial charge in [-0.25, -0.2) is 4.52 Å². The summed E-state index contributed by atoms with van der Waals surface area (Å²) in [6, 6.07) is 7.65. The zero-order valence-corrected chi connectivity index (χ0v) is 14.6. The van der Waals surface area contributed by atoms with Crippen LogP contribution < -0.4 is 5.46 Å². The Morgan fingerprint density at radius 2 is 2.08 bits per heavy atom. The third kappa shape index (κ3) is 2.47. The average molecular weight is 334 g/mol. The van der Waals surface area contributed by atoms with Gasteiger partial charge in [0.15, 0.2) is 5.69 Å². The van der Waals surface area contributed by atoms with Gasteiger partial charge in [0.2, 0.25) is 5.91 Å². The molecule has 4 heterocycles. The van der Waals surface area contributed by atoms with Gasteiger partial charge in [-0.1, -0.05) is 11.5 Å². The zero-order valence-electron chi connectivity index (χ0n) is 14.6. The number of hydrogen-bond donors (Lipinski definition) is 0. The number of hydrogen-bond acceptors (Lipinski definition) is 3. The molecule has 3 aromatic heterocycles. The number of aromatic nitrogens is 3. The maximum Gasteiger partial charge on any atom is 0.274 e. The predicted molar refractivity (Wildman–Crippen MR) is 97.3 cm³/mol. The van der Waals surface area contributed by atoms with E-state index in [0.717, 1.165) is 22.2 Å². The summed E-state index contributed by atoms with van der Waals surface area (Å²) in [5.74, 6) is -0.0703. The van der Waals surface area contributed by atoms with E-state index >= 15 is 0 Å². The molecule has 0 bridgehead atoms. The lowest BCUT2D eigenvalue weighted by atomic mass is 9.99. The van der Waals surface area contributed by atoms with Gasteiger partial charge in [0.25, 0.3) is 5.91 Å². The highest BCUT2D eigenvalue weighted by Gasteiger charge is 2.31. The molecule has 1 aliphatic heterocycles. The fourth-order valence-corrected chi connectivity index (χ4v) is 3.63. The first-order valence-corrected chi connectivity index (χ1v) is 8.44. The van der Waals surface area contributed by atoms with E-state index in [2.05, 4.69) is 5.10 Å². The quantitative estimate of drug-likeness (QED) is 0.619. The first kappa shape index (κ1) is 15.7. The molecular weight excluding hydrogens is 315 g/mol. The van der Waals surface area contributed by atoms with E-state index in [1.54, 1.807) is 22.2 Å². The molecule has 0 aromatic carbocycles. The van der Waals surface area contributed by atoms with Gasteiger partial charge in [-0.3, -0.25) is 14.2 Å². The highest BCUT2D eigenvalue weighted by molar-refractivity contribution is 6.32. The number of carbonyl (C=O) groups is 2. The topological polar surface area (TPSA) is 59.6 Å². The Morgan fingerprint density at radius 1 is 1.28 bits per heavy atom. The highest BCUT2D eigenvalue weighted by atomic mass is 16.2. The first-order valence-electron chi connectivity index (χ1n) is 8.44. The van der Waals surface area contributed by atoms with Crippen LogP contribution in [-0.2, 0) is 6.42 Å². The van der Waals surface area contributed by atoms with E-state index in [1.807, 2.05) is 50.1 Å². The van der Waals surface area contributed by atoms with Gasteiger partial charge in [0.1, 0.15) is 7.85 Å². The minimum absolute atomic E-state index is 0.00365. The van der Waals surface area contributed by atoms with E-state index in [-0.39, 0.29) is 17.9 Å². The minimum Gasteiger partial charge on any atom is -0.330 e. The Hall–Kier alpha value is -2.83. The summed E-state index contributed by atoms with van der Waals surface area (Å²) in [4.78, 5) is 26.5. The number of pyridine rings is 1. The van der Waals surface area contributed by atoms with Crippen molar-refractivity contribution in [3.63, 3.8) is 0 Å². The van der Waals surface area contributed by atoms with Crippen molar-refractivity contribution >= 4 is 30.6 Å². The number of amides is 1. The summed E-state index contributed by atoms with van der Waals surface area (Å²) >= 11 is 0. The van der Waals surface area contributed by atoms with Crippen molar-refractivity contribution in [3.8, 4) is 0 Å². The summed E-state index contributed by atoms with van der Waals surface area (Å²) in [6.07, 6.45) is 4.38. The van der Waals surface area contributed by atoms with Crippen molar-refractivity contribution in [3.05, 3.63) is 53.6 Å². The fourth-order valence-electron chi connectivity index (χ4n) is 3.63. The van der Waals surface area contributed by atoms with Gasteiger partial charge in [0.05, 0.1) is 11.6 Å². The van der Waals surface area contributed by atoms with Crippen molar-refractivity contribution in [2.45, 2.75) is 26.3 Å². The molecule has 1 atom stereocenters. The van der Waals surface area contributed by atoms with Crippen LogP contribution in [0.25, 0.3) is 5.52 Å². The smallest absolute Gasteiger partial charge is 0.274 e. The van der Waals surface area contributed by atoms with E-state index in [1.165, 1.54) is 0 Å². The molecule has 0 saturated heterocycles. The Balaban J connectivity index is 1.66. The Bertz CT molecular complexity index is 1000. The monoisotopic (exact) mass is 334 g/mol. The number of nitrogens with zero attached hydrogens (tertiary/aromatic N) is 4. The molecule has 3 aromatic rings. The molecule has 7 heteroatoms. The predicted octanol–water partition coefficient (Wildman–Crippen LogP) is 0.814. The Labute approximate surface area is 146 Å². The molecule has 0 radical (unpaired) electrons. The van der Waals surface area contributed by atoms with E-state index in [0.29, 0.717) is 18.7 Å². The largest absolute Gasteiger partial charge is 0.330 e. The van der Waals surface area contributed by atoms with Crippen LogP contribution in [0.2, 0.25) is 0 Å². The minimum atomic E-state index is -0.0802. The van der Waals surface area contributed by atoms with Crippen molar-refractivity contribution in [2.24, 2.45) is 0 Å². The molecule has 0 saturated carbocycles. The SMILES string of the molecule is Bc1ccc2cc(C(=O)N3CCc4c(ccn4C(C)=O)C3C)nn2c1. The van der Waals surface area contributed by atoms with Gasteiger partial charge < -0.3 is 4.90 Å². The lowest BCUT2D eigenvalue weighted by Crippen LogP contribution is -2.39. The summed E-state index contributed by atoms with van der Waals surface area (Å²) in [6.45, 7) is 4.14. The van der Waals surface area contributed by atoms with Gasteiger partial charge in [0, 0.05) is 38.0 Å². The Kier molecular flexibility index (Phi) is 3.52. The van der Waals surface area contributed by atoms with Crippen LogP contribution in [0.4, 0.5) is 0 Å². The second-order valence-corrected chi connectivity index (χ2v) is 6.64. The summed E-state index contributed by atoms with van der Waals surface area (Å²) < 4.78 is 3.43. The fraction of sp³-hybridized carbons (Fsp3) is 0.278. The van der Waals surface area contributed by atoms with Crippen LogP contribution in [-0.4, -0.2) is 45.3 Å². The molecule has 0 aliphatic carbocycles. The maximum absolute atomic E-state index is 13.0. The number of fused-ring (bicyclic) bond motifs is 2. The summed E-state index contributed by atoms with van der Waals surface area (Å²) in [5.41, 5.74) is 4.49. The standard InChI is InChI=1S/C18H19BN4O2/c1-11-15-5-7-22(12(2)24)17(15)6-8-21(11)18(25)16-9-14-4-3-13(19)10-23(14)20-16/h3-5,7,9-11H,6,8,19H2,1-2H3. The molecule has 4 rings (SSSR count). The van der Waals surface area contributed by atoms with Crippen LogP contribution in [0.15, 0.2) is 36.7 Å². The first-order chi connectivity index (χ1) is 12.0. The second-order valence-electron chi connectivity index (χ2n) is 6.64. The van der Waals surface area contributed by atoms with Crippen LogP contribution in [0.5, 0.6) is 0 Å². The maximum atomic E-state index is 13.0. The van der Waals surface area contributed by atoms with Crippen molar-refractivity contribution in [1.82, 2.24) is 19.1 Å². The van der Waals surface area contributed by atoms with E-state index in [9.17, 15) is 9.59 Å². The molecule has 126 valence electrons. The van der Waals surface area contributed by atoms with Crippen LogP contribution in [0.3, 0.4) is 0 Å².